The summed E-state index contributed by atoms with van der Waals surface area (Å²) in [6, 6.07) is 0.750. The molecule has 0 radical (unpaired) electrons. The van der Waals surface area contributed by atoms with E-state index in [2.05, 4.69) is 25.7 Å². The van der Waals surface area contributed by atoms with Crippen LogP contribution < -0.4 is 0 Å². The zero-order valence-electron chi connectivity index (χ0n) is 9.75. The van der Waals surface area contributed by atoms with Gasteiger partial charge in [-0.3, -0.25) is 4.90 Å². The fourth-order valence-corrected chi connectivity index (χ4v) is 2.57. The Morgan fingerprint density at radius 3 is 2.64 bits per heavy atom. The van der Waals surface area contributed by atoms with Gasteiger partial charge in [0.1, 0.15) is 0 Å². The number of fused-ring (bicyclic) bond motifs is 2. The first-order chi connectivity index (χ1) is 6.54. The van der Waals surface area contributed by atoms with Gasteiger partial charge < -0.3 is 4.74 Å². The fourth-order valence-electron chi connectivity index (χ4n) is 2.57. The van der Waals surface area contributed by atoms with Gasteiger partial charge in [-0.2, -0.15) is 0 Å². The highest BCUT2D eigenvalue weighted by Gasteiger charge is 2.38. The second-order valence-corrected chi connectivity index (χ2v) is 6.00. The molecule has 0 amide bonds. The second kappa shape index (κ2) is 3.82. The first kappa shape index (κ1) is 10.4. The Kier molecular flexibility index (Phi) is 2.85. The average molecular weight is 197 g/mol. The summed E-state index contributed by atoms with van der Waals surface area (Å²) >= 11 is 0. The number of morpholine rings is 1. The number of rotatable bonds is 3. The number of nitrogens with zero attached hydrogens (tertiary/aromatic N) is 1. The normalized spacial score (nSPS) is 32.8. The van der Waals surface area contributed by atoms with Crippen molar-refractivity contribution in [2.45, 2.75) is 52.2 Å². The quantitative estimate of drug-likeness (QED) is 0.688. The molecule has 2 aliphatic heterocycles. The molecule has 0 aliphatic carbocycles. The molecular weight excluding hydrogens is 174 g/mol. The first-order valence-corrected chi connectivity index (χ1v) is 5.90. The smallest absolute Gasteiger partial charge is 0.0718 e. The third-order valence-corrected chi connectivity index (χ3v) is 3.39. The van der Waals surface area contributed by atoms with Crippen molar-refractivity contribution in [1.82, 2.24) is 4.90 Å². The molecule has 82 valence electrons. The van der Waals surface area contributed by atoms with Crippen LogP contribution in [0, 0.1) is 5.41 Å². The van der Waals surface area contributed by atoms with Gasteiger partial charge >= 0.3 is 0 Å². The van der Waals surface area contributed by atoms with E-state index in [-0.39, 0.29) is 0 Å². The van der Waals surface area contributed by atoms with Gasteiger partial charge in [0.25, 0.3) is 0 Å². The lowest BCUT2D eigenvalue weighted by Gasteiger charge is -2.28. The third kappa shape index (κ3) is 2.48. The van der Waals surface area contributed by atoms with Crippen LogP contribution in [-0.2, 0) is 4.74 Å². The first-order valence-electron chi connectivity index (χ1n) is 5.90. The van der Waals surface area contributed by atoms with Crippen molar-refractivity contribution < 1.29 is 4.74 Å². The van der Waals surface area contributed by atoms with E-state index in [4.69, 9.17) is 4.74 Å². The molecule has 0 aromatic carbocycles. The summed E-state index contributed by atoms with van der Waals surface area (Å²) < 4.78 is 5.59. The Bertz CT molecular complexity index is 197. The number of hydrogen-bond acceptors (Lipinski definition) is 2. The van der Waals surface area contributed by atoms with Crippen molar-refractivity contribution in [2.24, 2.45) is 5.41 Å². The molecule has 2 saturated heterocycles. The van der Waals surface area contributed by atoms with E-state index in [0.717, 1.165) is 12.6 Å². The molecule has 2 rings (SSSR count). The molecule has 0 unspecified atom stereocenters. The number of hydrogen-bond donors (Lipinski definition) is 0. The molecule has 0 spiro atoms. The highest BCUT2D eigenvalue weighted by molar-refractivity contribution is 4.91. The largest absolute Gasteiger partial charge is 0.375 e. The molecule has 14 heavy (non-hydrogen) atoms. The summed E-state index contributed by atoms with van der Waals surface area (Å²) in [4.78, 5) is 2.62. The molecular formula is C12H23NO. The highest BCUT2D eigenvalue weighted by atomic mass is 16.5. The minimum atomic E-state index is 0.495. The molecule has 2 fully saturated rings. The van der Waals surface area contributed by atoms with Gasteiger partial charge in [-0.15, -0.1) is 0 Å². The minimum absolute atomic E-state index is 0.495. The van der Waals surface area contributed by atoms with Gasteiger partial charge in [-0.05, 0) is 31.2 Å². The Hall–Kier alpha value is -0.0800. The summed E-state index contributed by atoms with van der Waals surface area (Å²) in [5.41, 5.74) is 0.495. The van der Waals surface area contributed by atoms with Crippen molar-refractivity contribution in [2.75, 3.05) is 19.7 Å². The summed E-state index contributed by atoms with van der Waals surface area (Å²) in [6.07, 6.45) is 4.53. The van der Waals surface area contributed by atoms with E-state index >= 15 is 0 Å². The van der Waals surface area contributed by atoms with Crippen molar-refractivity contribution >= 4 is 0 Å². The minimum Gasteiger partial charge on any atom is -0.375 e. The lowest BCUT2D eigenvalue weighted by atomic mass is 9.90. The monoisotopic (exact) mass is 197 g/mol. The summed E-state index contributed by atoms with van der Waals surface area (Å²) in [6.45, 7) is 10.4. The molecule has 0 aromatic heterocycles. The van der Waals surface area contributed by atoms with Crippen LogP contribution in [0.15, 0.2) is 0 Å². The zero-order chi connectivity index (χ0) is 10.2. The highest BCUT2D eigenvalue weighted by Crippen LogP contribution is 2.29. The van der Waals surface area contributed by atoms with Crippen LogP contribution in [0.4, 0.5) is 0 Å². The lowest BCUT2D eigenvalue weighted by Crippen LogP contribution is -2.37. The van der Waals surface area contributed by atoms with E-state index in [9.17, 15) is 0 Å². The van der Waals surface area contributed by atoms with E-state index in [1.807, 2.05) is 0 Å². The van der Waals surface area contributed by atoms with Crippen LogP contribution in [0.25, 0.3) is 0 Å². The summed E-state index contributed by atoms with van der Waals surface area (Å²) in [5, 5.41) is 0. The van der Waals surface area contributed by atoms with E-state index in [1.165, 1.54) is 32.4 Å². The van der Waals surface area contributed by atoms with Crippen LogP contribution in [-0.4, -0.2) is 36.7 Å². The number of likely N-dealkylation sites (tertiary alicyclic amines) is 1. The lowest BCUT2D eigenvalue weighted by molar-refractivity contribution is 0.0292. The molecule has 2 aliphatic rings. The van der Waals surface area contributed by atoms with Crippen LogP contribution in [0.1, 0.15) is 40.0 Å². The zero-order valence-corrected chi connectivity index (χ0v) is 9.75. The van der Waals surface area contributed by atoms with E-state index < -0.39 is 0 Å². The van der Waals surface area contributed by atoms with Crippen LogP contribution in [0.3, 0.4) is 0 Å². The SMILES string of the molecule is CC(C)(C)CCCN1C[C@@H]2C[C@H]1CO2. The standard InChI is InChI=1S/C12H23NO/c1-12(2,3)5-4-6-13-8-11-7-10(13)9-14-11/h10-11H,4-9H2,1-3H3/t10-,11-/m0/s1. The second-order valence-electron chi connectivity index (χ2n) is 6.00. The van der Waals surface area contributed by atoms with Crippen LogP contribution in [0.5, 0.6) is 0 Å². The molecule has 2 atom stereocenters. The van der Waals surface area contributed by atoms with Gasteiger partial charge in [0.05, 0.1) is 12.7 Å². The Labute approximate surface area is 87.6 Å². The van der Waals surface area contributed by atoms with Gasteiger partial charge in [0, 0.05) is 12.6 Å². The molecule has 2 nitrogen and oxygen atoms in total. The van der Waals surface area contributed by atoms with Crippen molar-refractivity contribution in [3.8, 4) is 0 Å². The molecule has 2 heteroatoms. The van der Waals surface area contributed by atoms with Crippen molar-refractivity contribution in [1.29, 1.82) is 0 Å². The van der Waals surface area contributed by atoms with Crippen molar-refractivity contribution in [3.63, 3.8) is 0 Å². The predicted molar refractivity (Wildman–Crippen MR) is 58.4 cm³/mol. The maximum atomic E-state index is 5.59. The third-order valence-electron chi connectivity index (χ3n) is 3.39. The Balaban J connectivity index is 1.67. The number of ether oxygens (including phenoxy) is 1. The summed E-state index contributed by atoms with van der Waals surface area (Å²) in [7, 11) is 0. The van der Waals surface area contributed by atoms with Gasteiger partial charge in [0.15, 0.2) is 0 Å². The average Bonchev–Trinajstić information content (AvgIpc) is 2.62. The maximum absolute atomic E-state index is 5.59. The van der Waals surface area contributed by atoms with Gasteiger partial charge in [-0.1, -0.05) is 20.8 Å². The molecule has 0 aromatic rings. The van der Waals surface area contributed by atoms with E-state index in [1.54, 1.807) is 0 Å². The molecule has 0 N–H and O–H groups in total. The van der Waals surface area contributed by atoms with E-state index in [0.29, 0.717) is 11.5 Å². The molecule has 2 heterocycles. The van der Waals surface area contributed by atoms with Crippen molar-refractivity contribution in [3.05, 3.63) is 0 Å². The fraction of sp³-hybridized carbons (Fsp3) is 1.00. The molecule has 0 saturated carbocycles. The van der Waals surface area contributed by atoms with Crippen LogP contribution in [0.2, 0.25) is 0 Å². The van der Waals surface area contributed by atoms with Gasteiger partial charge in [0.2, 0.25) is 0 Å². The topological polar surface area (TPSA) is 12.5 Å². The predicted octanol–water partition coefficient (Wildman–Crippen LogP) is 2.29. The van der Waals surface area contributed by atoms with Gasteiger partial charge in [-0.25, -0.2) is 0 Å². The molecule has 2 bridgehead atoms. The maximum Gasteiger partial charge on any atom is 0.0718 e. The summed E-state index contributed by atoms with van der Waals surface area (Å²) in [5.74, 6) is 0. The van der Waals surface area contributed by atoms with Crippen LogP contribution >= 0.6 is 0 Å². The Morgan fingerprint density at radius 1 is 1.36 bits per heavy atom. The Morgan fingerprint density at radius 2 is 2.14 bits per heavy atom.